The number of anilines is 1. The third-order valence-corrected chi connectivity index (χ3v) is 5.82. The first-order valence-electron chi connectivity index (χ1n) is 9.30. The Labute approximate surface area is 186 Å². The Morgan fingerprint density at radius 1 is 0.935 bits per heavy atom. The molecule has 0 spiro atoms. The van der Waals surface area contributed by atoms with E-state index in [4.69, 9.17) is 11.6 Å². The minimum atomic E-state index is -3.75. The van der Waals surface area contributed by atoms with Crippen LogP contribution in [0.1, 0.15) is 22.8 Å². The van der Waals surface area contributed by atoms with Crippen LogP contribution in [0.25, 0.3) is 6.08 Å². The minimum absolute atomic E-state index is 0.0899. The molecule has 0 aliphatic carbocycles. The molecule has 6 nitrogen and oxygen atoms in total. The lowest BCUT2D eigenvalue weighted by molar-refractivity contribution is 0.0955. The van der Waals surface area contributed by atoms with E-state index in [0.717, 1.165) is 5.56 Å². The lowest BCUT2D eigenvalue weighted by Crippen LogP contribution is -2.19. The maximum Gasteiger partial charge on any atom is 0.271 e. The van der Waals surface area contributed by atoms with Crippen molar-refractivity contribution in [2.45, 2.75) is 11.8 Å². The standard InChI is InChI=1S/C23H20ClN3O3S/c1-17(7-8-18-5-3-2-4-6-18)25-26-23(28)19-9-13-21(14-10-19)27-31(29,30)22-15-11-20(24)12-16-22/h2-16,27H,1H3,(H,26,28)/b8-7+,25-17+. The molecule has 8 heteroatoms. The quantitative estimate of drug-likeness (QED) is 0.391. The Hall–Kier alpha value is -3.42. The molecule has 0 saturated carbocycles. The maximum atomic E-state index is 12.4. The van der Waals surface area contributed by atoms with Crippen molar-refractivity contribution in [2.75, 3.05) is 4.72 Å². The first-order valence-corrected chi connectivity index (χ1v) is 11.2. The first-order chi connectivity index (χ1) is 14.8. The fourth-order valence-electron chi connectivity index (χ4n) is 2.54. The number of hydrazone groups is 1. The molecular formula is C23H20ClN3O3S. The van der Waals surface area contributed by atoms with Gasteiger partial charge in [0.15, 0.2) is 0 Å². The summed E-state index contributed by atoms with van der Waals surface area (Å²) in [7, 11) is -3.75. The Balaban J connectivity index is 1.61. The predicted octanol–water partition coefficient (Wildman–Crippen LogP) is 4.96. The predicted molar refractivity (Wildman–Crippen MR) is 125 cm³/mol. The van der Waals surface area contributed by atoms with Gasteiger partial charge in [-0.15, -0.1) is 0 Å². The summed E-state index contributed by atoms with van der Waals surface area (Å²) < 4.78 is 27.3. The fourth-order valence-corrected chi connectivity index (χ4v) is 3.72. The van der Waals surface area contributed by atoms with Crippen molar-refractivity contribution in [3.63, 3.8) is 0 Å². The number of allylic oxidation sites excluding steroid dienone is 1. The lowest BCUT2D eigenvalue weighted by atomic mass is 10.2. The van der Waals surface area contributed by atoms with Crippen LogP contribution in [0.15, 0.2) is 94.9 Å². The summed E-state index contributed by atoms with van der Waals surface area (Å²) in [5.74, 6) is -0.403. The molecule has 3 aromatic rings. The normalized spacial score (nSPS) is 12.0. The minimum Gasteiger partial charge on any atom is -0.280 e. The summed E-state index contributed by atoms with van der Waals surface area (Å²) in [5, 5.41) is 4.50. The summed E-state index contributed by atoms with van der Waals surface area (Å²) in [5.41, 5.74) is 4.81. The topological polar surface area (TPSA) is 87.6 Å². The summed E-state index contributed by atoms with van der Waals surface area (Å²) in [6, 6.07) is 21.6. The van der Waals surface area contributed by atoms with Crippen molar-refractivity contribution in [1.29, 1.82) is 0 Å². The highest BCUT2D eigenvalue weighted by molar-refractivity contribution is 7.92. The van der Waals surface area contributed by atoms with Gasteiger partial charge in [-0.25, -0.2) is 13.8 Å². The molecule has 0 atom stereocenters. The average Bonchev–Trinajstić information content (AvgIpc) is 2.77. The summed E-state index contributed by atoms with van der Waals surface area (Å²) in [6.45, 7) is 1.77. The first kappa shape index (κ1) is 22.3. The van der Waals surface area contributed by atoms with Crippen molar-refractivity contribution in [1.82, 2.24) is 5.43 Å². The zero-order valence-electron chi connectivity index (χ0n) is 16.6. The lowest BCUT2D eigenvalue weighted by Gasteiger charge is -2.09. The number of rotatable bonds is 7. The smallest absolute Gasteiger partial charge is 0.271 e. The van der Waals surface area contributed by atoms with Crippen LogP contribution in [-0.4, -0.2) is 20.0 Å². The highest BCUT2D eigenvalue weighted by atomic mass is 35.5. The van der Waals surface area contributed by atoms with E-state index in [1.54, 1.807) is 13.0 Å². The highest BCUT2D eigenvalue weighted by Crippen LogP contribution is 2.18. The molecule has 0 fully saturated rings. The number of hydrogen-bond donors (Lipinski definition) is 2. The van der Waals surface area contributed by atoms with Crippen molar-refractivity contribution < 1.29 is 13.2 Å². The van der Waals surface area contributed by atoms with Crippen LogP contribution >= 0.6 is 11.6 Å². The summed E-state index contributed by atoms with van der Waals surface area (Å²) >= 11 is 5.79. The number of halogens is 1. The van der Waals surface area contributed by atoms with Gasteiger partial charge in [0.25, 0.3) is 15.9 Å². The fraction of sp³-hybridized carbons (Fsp3) is 0.0435. The van der Waals surface area contributed by atoms with Gasteiger partial charge in [-0.3, -0.25) is 9.52 Å². The number of hydrogen-bond acceptors (Lipinski definition) is 4. The zero-order valence-corrected chi connectivity index (χ0v) is 18.2. The van der Waals surface area contributed by atoms with Gasteiger partial charge in [0.05, 0.1) is 10.6 Å². The molecule has 2 N–H and O–H groups in total. The second-order valence-corrected chi connectivity index (χ2v) is 8.69. The maximum absolute atomic E-state index is 12.4. The van der Waals surface area contributed by atoms with Crippen molar-refractivity contribution in [2.24, 2.45) is 5.10 Å². The van der Waals surface area contributed by atoms with E-state index in [0.29, 0.717) is 22.0 Å². The molecule has 3 rings (SSSR count). The molecule has 0 heterocycles. The van der Waals surface area contributed by atoms with E-state index in [1.165, 1.54) is 48.5 Å². The van der Waals surface area contributed by atoms with Crippen LogP contribution in [0, 0.1) is 0 Å². The Morgan fingerprint density at radius 3 is 2.23 bits per heavy atom. The Morgan fingerprint density at radius 2 is 1.58 bits per heavy atom. The number of nitrogens with one attached hydrogen (secondary N) is 2. The number of sulfonamides is 1. The molecule has 0 saturated heterocycles. The molecule has 0 radical (unpaired) electrons. The molecule has 0 bridgehead atoms. The van der Waals surface area contributed by atoms with Crippen LogP contribution in [-0.2, 0) is 10.0 Å². The third-order valence-electron chi connectivity index (χ3n) is 4.17. The number of benzene rings is 3. The number of nitrogens with zero attached hydrogens (tertiary/aromatic N) is 1. The second-order valence-electron chi connectivity index (χ2n) is 6.57. The molecule has 0 aliphatic heterocycles. The SMILES string of the molecule is CC(/C=C/c1ccccc1)=N\NC(=O)c1ccc(NS(=O)(=O)c2ccc(Cl)cc2)cc1. The van der Waals surface area contributed by atoms with Gasteiger partial charge in [0.1, 0.15) is 0 Å². The van der Waals surface area contributed by atoms with Gasteiger partial charge >= 0.3 is 0 Å². The zero-order chi connectivity index (χ0) is 22.3. The molecule has 0 aliphatic rings. The molecule has 0 unspecified atom stereocenters. The molecule has 0 aromatic heterocycles. The van der Waals surface area contributed by atoms with E-state index >= 15 is 0 Å². The van der Waals surface area contributed by atoms with Gasteiger partial charge in [-0.05, 0) is 67.1 Å². The van der Waals surface area contributed by atoms with Gasteiger partial charge in [-0.2, -0.15) is 5.10 Å². The van der Waals surface area contributed by atoms with Crippen molar-refractivity contribution >= 4 is 45.0 Å². The highest BCUT2D eigenvalue weighted by Gasteiger charge is 2.14. The van der Waals surface area contributed by atoms with Crippen molar-refractivity contribution in [3.8, 4) is 0 Å². The molecule has 3 aromatic carbocycles. The van der Waals surface area contributed by atoms with Crippen LogP contribution in [0.4, 0.5) is 5.69 Å². The molecule has 31 heavy (non-hydrogen) atoms. The van der Waals surface area contributed by atoms with Gasteiger partial charge in [0.2, 0.25) is 0 Å². The second kappa shape index (κ2) is 10.1. The van der Waals surface area contributed by atoms with Crippen molar-refractivity contribution in [3.05, 3.63) is 101 Å². The van der Waals surface area contributed by atoms with E-state index in [9.17, 15) is 13.2 Å². The summed E-state index contributed by atoms with van der Waals surface area (Å²) in [6.07, 6.45) is 3.69. The molecule has 158 valence electrons. The van der Waals surface area contributed by atoms with Crippen LogP contribution in [0.3, 0.4) is 0 Å². The van der Waals surface area contributed by atoms with E-state index in [2.05, 4.69) is 15.2 Å². The average molecular weight is 454 g/mol. The van der Waals surface area contributed by atoms with Crippen LogP contribution < -0.4 is 10.1 Å². The monoisotopic (exact) mass is 453 g/mol. The van der Waals surface area contributed by atoms with Gasteiger partial charge < -0.3 is 0 Å². The summed E-state index contributed by atoms with van der Waals surface area (Å²) in [4.78, 5) is 12.4. The number of carbonyl (C=O) groups is 1. The van der Waals surface area contributed by atoms with Crippen LogP contribution in [0.5, 0.6) is 0 Å². The van der Waals surface area contributed by atoms with Gasteiger partial charge in [-0.1, -0.05) is 48.0 Å². The molecule has 1 amide bonds. The van der Waals surface area contributed by atoms with Crippen LogP contribution in [0.2, 0.25) is 5.02 Å². The van der Waals surface area contributed by atoms with E-state index in [1.807, 2.05) is 36.4 Å². The number of amides is 1. The number of carbonyl (C=O) groups excluding carboxylic acids is 1. The molecular weight excluding hydrogens is 434 g/mol. The van der Waals surface area contributed by atoms with E-state index in [-0.39, 0.29) is 4.90 Å². The Kier molecular flexibility index (Phi) is 7.23. The Bertz CT molecular complexity index is 1210. The van der Waals surface area contributed by atoms with Gasteiger partial charge in [0, 0.05) is 16.3 Å². The largest absolute Gasteiger partial charge is 0.280 e. The third kappa shape index (κ3) is 6.53. The van der Waals surface area contributed by atoms with E-state index < -0.39 is 15.9 Å².